The Morgan fingerprint density at radius 3 is 1.64 bits per heavy atom. The van der Waals surface area contributed by atoms with E-state index in [0.717, 1.165) is 12.8 Å². The monoisotopic (exact) mass is 717 g/mol. The van der Waals surface area contributed by atoms with Crippen molar-refractivity contribution in [2.24, 2.45) is 0 Å². The van der Waals surface area contributed by atoms with E-state index in [2.05, 4.69) is 196 Å². The molecule has 1 nitrogen and oxygen atoms in total. The Morgan fingerprint density at radius 2 is 0.929 bits per heavy atom. The van der Waals surface area contributed by atoms with Gasteiger partial charge in [0.15, 0.2) is 0 Å². The van der Waals surface area contributed by atoms with Crippen molar-refractivity contribution in [2.45, 2.75) is 56.8 Å². The summed E-state index contributed by atoms with van der Waals surface area (Å²) in [6.07, 6.45) is 7.02. The molecular weight excluding hydrogens is 675 g/mol. The molecule has 0 heterocycles. The van der Waals surface area contributed by atoms with Crippen LogP contribution in [-0.4, -0.2) is 0 Å². The molecule has 0 aromatic heterocycles. The summed E-state index contributed by atoms with van der Waals surface area (Å²) in [6.45, 7) is 9.57. The third-order valence-electron chi connectivity index (χ3n) is 14.2. The fourth-order valence-electron chi connectivity index (χ4n) is 11.8. The molecule has 1 heteroatoms. The molecule has 5 aliphatic rings. The van der Waals surface area contributed by atoms with Crippen LogP contribution in [0.25, 0.3) is 39.0 Å². The van der Waals surface area contributed by atoms with Gasteiger partial charge in [-0.05, 0) is 115 Å². The molecule has 0 N–H and O–H groups in total. The summed E-state index contributed by atoms with van der Waals surface area (Å²) in [5.74, 6) is 0. The van der Waals surface area contributed by atoms with Gasteiger partial charge in [0.25, 0.3) is 0 Å². The summed E-state index contributed by atoms with van der Waals surface area (Å²) >= 11 is 0. The van der Waals surface area contributed by atoms with E-state index in [4.69, 9.17) is 0 Å². The number of rotatable bonds is 3. The molecule has 0 saturated heterocycles. The Bertz CT molecular complexity index is 2930. The summed E-state index contributed by atoms with van der Waals surface area (Å²) in [5.41, 5.74) is 25.2. The molecule has 0 aliphatic heterocycles. The van der Waals surface area contributed by atoms with E-state index in [9.17, 15) is 0 Å². The zero-order valence-electron chi connectivity index (χ0n) is 32.4. The molecule has 0 saturated carbocycles. The van der Waals surface area contributed by atoms with E-state index in [1.165, 1.54) is 106 Å². The van der Waals surface area contributed by atoms with E-state index in [1.807, 2.05) is 0 Å². The van der Waals surface area contributed by atoms with Gasteiger partial charge < -0.3 is 4.90 Å². The maximum Gasteiger partial charge on any atom is 0.0722 e. The Kier molecular flexibility index (Phi) is 6.30. The molecule has 268 valence electrons. The first-order chi connectivity index (χ1) is 27.3. The number of hydrogen-bond acceptors (Lipinski definition) is 1. The Labute approximate surface area is 330 Å². The van der Waals surface area contributed by atoms with Crippen LogP contribution in [0.1, 0.15) is 85.0 Å². The number of nitrogens with zero attached hydrogens (tertiary/aromatic N) is 1. The van der Waals surface area contributed by atoms with Crippen molar-refractivity contribution in [1.82, 2.24) is 0 Å². The van der Waals surface area contributed by atoms with Crippen LogP contribution >= 0.6 is 0 Å². The quantitative estimate of drug-likeness (QED) is 0.176. The maximum atomic E-state index is 2.62. The Hall–Kier alpha value is -6.18. The minimum absolute atomic E-state index is 0.117. The molecule has 7 aromatic rings. The van der Waals surface area contributed by atoms with E-state index in [1.54, 1.807) is 0 Å². The number of hydrogen-bond donors (Lipinski definition) is 0. The van der Waals surface area contributed by atoms with Crippen molar-refractivity contribution in [1.29, 1.82) is 0 Å². The lowest BCUT2D eigenvalue weighted by Crippen LogP contribution is -2.27. The molecular formula is C55H43N. The number of benzene rings is 7. The topological polar surface area (TPSA) is 3.24 Å². The van der Waals surface area contributed by atoms with Crippen molar-refractivity contribution in [2.75, 3.05) is 4.90 Å². The Balaban J connectivity index is 1.19. The van der Waals surface area contributed by atoms with Gasteiger partial charge in [-0.2, -0.15) is 0 Å². The molecule has 7 aromatic carbocycles. The second kappa shape index (κ2) is 11.0. The molecule has 1 spiro atoms. The minimum Gasteiger partial charge on any atom is -0.309 e. The molecule has 0 fully saturated rings. The molecule has 1 atom stereocenters. The van der Waals surface area contributed by atoms with Gasteiger partial charge in [0.05, 0.1) is 16.8 Å². The third kappa shape index (κ3) is 3.81. The molecule has 0 radical (unpaired) electrons. The van der Waals surface area contributed by atoms with Gasteiger partial charge in [0.2, 0.25) is 0 Å². The van der Waals surface area contributed by atoms with Gasteiger partial charge >= 0.3 is 0 Å². The zero-order valence-corrected chi connectivity index (χ0v) is 32.4. The van der Waals surface area contributed by atoms with Gasteiger partial charge in [0, 0.05) is 27.6 Å². The van der Waals surface area contributed by atoms with Crippen LogP contribution in [0.5, 0.6) is 0 Å². The van der Waals surface area contributed by atoms with Crippen molar-refractivity contribution in [3.8, 4) is 33.4 Å². The summed E-state index contributed by atoms with van der Waals surface area (Å²) in [5, 5.41) is 0. The largest absolute Gasteiger partial charge is 0.309 e. The second-order valence-corrected chi connectivity index (χ2v) is 17.5. The van der Waals surface area contributed by atoms with Crippen molar-refractivity contribution in [3.63, 3.8) is 0 Å². The zero-order chi connectivity index (χ0) is 37.6. The molecule has 0 bridgehead atoms. The van der Waals surface area contributed by atoms with Crippen molar-refractivity contribution < 1.29 is 0 Å². The summed E-state index contributed by atoms with van der Waals surface area (Å²) in [7, 11) is 0. The predicted molar refractivity (Wildman–Crippen MR) is 233 cm³/mol. The predicted octanol–water partition coefficient (Wildman–Crippen LogP) is 14.2. The molecule has 56 heavy (non-hydrogen) atoms. The Morgan fingerprint density at radius 1 is 0.429 bits per heavy atom. The molecule has 0 amide bonds. The number of fused-ring (bicyclic) bond motifs is 15. The van der Waals surface area contributed by atoms with Crippen LogP contribution in [0.15, 0.2) is 169 Å². The van der Waals surface area contributed by atoms with Gasteiger partial charge in [-0.15, -0.1) is 0 Å². The van der Waals surface area contributed by atoms with Gasteiger partial charge in [-0.1, -0.05) is 167 Å². The van der Waals surface area contributed by atoms with Crippen LogP contribution in [-0.2, 0) is 16.2 Å². The maximum absolute atomic E-state index is 2.62. The summed E-state index contributed by atoms with van der Waals surface area (Å²) in [6, 6.07) is 58.0. The highest BCUT2D eigenvalue weighted by Gasteiger charge is 2.53. The summed E-state index contributed by atoms with van der Waals surface area (Å²) < 4.78 is 0. The first-order valence-electron chi connectivity index (χ1n) is 20.3. The molecule has 1 unspecified atom stereocenters. The van der Waals surface area contributed by atoms with Gasteiger partial charge in [-0.25, -0.2) is 0 Å². The fourth-order valence-corrected chi connectivity index (χ4v) is 11.8. The third-order valence-corrected chi connectivity index (χ3v) is 14.2. The number of anilines is 3. The molecule has 5 aliphatic carbocycles. The summed E-state index contributed by atoms with van der Waals surface area (Å²) in [4.78, 5) is 2.62. The number of allylic oxidation sites excluding steroid dienone is 4. The SMILES string of the molecule is CC1(C)c2ccccc2-c2ccc(N(c3cccc4c3-c3ccccc3C4(C)C)c3cccc4c3-c3ccccc3C43C4=C(CCC=C4)c4ccccc43)cc21. The first-order valence-corrected chi connectivity index (χ1v) is 20.3. The van der Waals surface area contributed by atoms with Gasteiger partial charge in [-0.3, -0.25) is 0 Å². The average Bonchev–Trinajstić information content (AvgIpc) is 3.87. The highest BCUT2D eigenvalue weighted by molar-refractivity contribution is 6.04. The van der Waals surface area contributed by atoms with E-state index >= 15 is 0 Å². The van der Waals surface area contributed by atoms with Crippen LogP contribution < -0.4 is 4.90 Å². The van der Waals surface area contributed by atoms with Crippen LogP contribution in [0.2, 0.25) is 0 Å². The van der Waals surface area contributed by atoms with E-state index < -0.39 is 0 Å². The van der Waals surface area contributed by atoms with E-state index in [-0.39, 0.29) is 16.2 Å². The highest BCUT2D eigenvalue weighted by atomic mass is 15.1. The standard InChI is InChI=1S/C55H43N/c1-53(2)42-23-11-8-20-39(42)51-46(53)27-15-29-49(51)56(34-31-32-38-35-17-5-10-22-41(35)54(3,4)48(38)33-34)50-30-16-28-47-52(50)40-21-9-14-26-45(40)55(47)43-24-12-6-18-36(43)37-19-7-13-25-44(37)55/h5-6,8-18,20-33H,7,19H2,1-4H3. The lowest BCUT2D eigenvalue weighted by atomic mass is 9.69. The minimum atomic E-state index is -0.370. The van der Waals surface area contributed by atoms with Crippen LogP contribution in [0, 0.1) is 0 Å². The molecule has 12 rings (SSSR count). The average molecular weight is 718 g/mol. The lowest BCUT2D eigenvalue weighted by molar-refractivity contribution is 0.660. The normalized spacial score (nSPS) is 19.1. The smallest absolute Gasteiger partial charge is 0.0722 e. The highest BCUT2D eigenvalue weighted by Crippen LogP contribution is 2.66. The van der Waals surface area contributed by atoms with Crippen LogP contribution in [0.3, 0.4) is 0 Å². The first kappa shape index (κ1) is 32.1. The van der Waals surface area contributed by atoms with Gasteiger partial charge in [0.1, 0.15) is 0 Å². The van der Waals surface area contributed by atoms with Crippen molar-refractivity contribution in [3.05, 3.63) is 214 Å². The fraction of sp³-hybridized carbons (Fsp3) is 0.164. The van der Waals surface area contributed by atoms with Crippen molar-refractivity contribution >= 4 is 22.6 Å². The second-order valence-electron chi connectivity index (χ2n) is 17.5. The van der Waals surface area contributed by atoms with E-state index in [0.29, 0.717) is 0 Å². The van der Waals surface area contributed by atoms with Crippen LogP contribution in [0.4, 0.5) is 17.1 Å². The lowest BCUT2D eigenvalue weighted by Gasteiger charge is -2.34.